The number of hydrogen-bond donors (Lipinski definition) is 0. The third kappa shape index (κ3) is 4.85. The van der Waals surface area contributed by atoms with E-state index in [0.29, 0.717) is 23.3 Å². The molecule has 1 aliphatic carbocycles. The van der Waals surface area contributed by atoms with Gasteiger partial charge in [-0.1, -0.05) is 133 Å². The molecule has 12 rings (SSSR count). The van der Waals surface area contributed by atoms with Crippen LogP contribution in [0.5, 0.6) is 0 Å². The molecule has 6 aromatic carbocycles. The fourth-order valence-corrected chi connectivity index (χ4v) is 9.03. The predicted octanol–water partition coefficient (Wildman–Crippen LogP) is 11.5. The number of nitrogens with zero attached hydrogens (tertiary/aromatic N) is 7. The van der Waals surface area contributed by atoms with E-state index < -0.39 is 0 Å². The normalized spacial score (nSPS) is 15.9. The van der Waals surface area contributed by atoms with E-state index in [-0.39, 0.29) is 12.0 Å². The van der Waals surface area contributed by atoms with Gasteiger partial charge in [-0.2, -0.15) is 9.97 Å². The zero-order valence-electron chi connectivity index (χ0n) is 30.7. The minimum Gasteiger partial charge on any atom is -0.318 e. The number of hydrogen-bond acceptors (Lipinski definition) is 5. The molecule has 2 aliphatic rings. The van der Waals surface area contributed by atoms with Gasteiger partial charge in [0.05, 0.1) is 28.1 Å². The summed E-state index contributed by atoms with van der Waals surface area (Å²) >= 11 is 0. The molecular weight excluding hydrogens is 699 g/mol. The average Bonchev–Trinajstić information content (AvgIpc) is 3.91. The second kappa shape index (κ2) is 12.4. The fourth-order valence-electron chi connectivity index (χ4n) is 9.03. The molecule has 0 fully saturated rings. The van der Waals surface area contributed by atoms with Crippen molar-refractivity contribution in [1.29, 1.82) is 0 Å². The van der Waals surface area contributed by atoms with Crippen molar-refractivity contribution in [2.24, 2.45) is 0 Å². The van der Waals surface area contributed by atoms with Crippen molar-refractivity contribution in [2.75, 3.05) is 4.90 Å². The lowest BCUT2D eigenvalue weighted by molar-refractivity contribution is 0.738. The quantitative estimate of drug-likeness (QED) is 0.176. The molecule has 1 aliphatic heterocycles. The van der Waals surface area contributed by atoms with Gasteiger partial charge < -0.3 is 9.47 Å². The molecule has 5 heterocycles. The maximum atomic E-state index is 5.31. The fraction of sp³-hybridized carbons (Fsp3) is 0.0400. The van der Waals surface area contributed by atoms with Gasteiger partial charge in [0, 0.05) is 44.4 Å². The minimum absolute atomic E-state index is 0.131. The number of para-hydroxylation sites is 4. The number of fused-ring (bicyclic) bond motifs is 9. The highest BCUT2D eigenvalue weighted by atomic mass is 15.3. The van der Waals surface area contributed by atoms with Gasteiger partial charge in [0.2, 0.25) is 5.95 Å². The van der Waals surface area contributed by atoms with Crippen LogP contribution in [0.4, 0.5) is 11.5 Å². The number of allylic oxidation sites excluding steroid dienone is 2. The number of rotatable bonds is 5. The highest BCUT2D eigenvalue weighted by Crippen LogP contribution is 2.47. The topological polar surface area (TPSA) is 64.7 Å². The van der Waals surface area contributed by atoms with Crippen molar-refractivity contribution in [3.8, 4) is 34.5 Å². The van der Waals surface area contributed by atoms with Crippen LogP contribution in [0.3, 0.4) is 0 Å². The van der Waals surface area contributed by atoms with Gasteiger partial charge >= 0.3 is 0 Å². The smallest absolute Gasteiger partial charge is 0.238 e. The lowest BCUT2D eigenvalue weighted by Crippen LogP contribution is -2.29. The molecule has 4 aromatic heterocycles. The second-order valence-corrected chi connectivity index (χ2v) is 14.7. The van der Waals surface area contributed by atoms with Gasteiger partial charge in [-0.15, -0.1) is 0 Å². The van der Waals surface area contributed by atoms with E-state index >= 15 is 0 Å². The van der Waals surface area contributed by atoms with E-state index in [4.69, 9.17) is 19.9 Å². The molecule has 10 aromatic rings. The molecule has 7 nitrogen and oxygen atoms in total. The average molecular weight is 732 g/mol. The van der Waals surface area contributed by atoms with Crippen LogP contribution in [-0.2, 0) is 0 Å². The summed E-state index contributed by atoms with van der Waals surface area (Å²) in [6.07, 6.45) is 8.83. The summed E-state index contributed by atoms with van der Waals surface area (Å²) in [7, 11) is 0. The van der Waals surface area contributed by atoms with Gasteiger partial charge in [0.15, 0.2) is 11.6 Å². The highest BCUT2D eigenvalue weighted by Gasteiger charge is 2.37. The first kappa shape index (κ1) is 31.7. The lowest BCUT2D eigenvalue weighted by atomic mass is 9.91. The third-order valence-corrected chi connectivity index (χ3v) is 11.5. The third-order valence-electron chi connectivity index (χ3n) is 11.5. The molecule has 0 radical (unpaired) electrons. The second-order valence-electron chi connectivity index (χ2n) is 14.7. The predicted molar refractivity (Wildman–Crippen MR) is 231 cm³/mol. The molecule has 0 saturated carbocycles. The van der Waals surface area contributed by atoms with Crippen LogP contribution in [-0.4, -0.2) is 35.1 Å². The molecule has 2 unspecified atom stereocenters. The lowest BCUT2D eigenvalue weighted by Gasteiger charge is -2.27. The zero-order chi connectivity index (χ0) is 37.5. The van der Waals surface area contributed by atoms with Gasteiger partial charge in [-0.25, -0.2) is 9.97 Å². The van der Waals surface area contributed by atoms with Crippen LogP contribution in [0.1, 0.15) is 11.5 Å². The molecule has 0 bridgehead atoms. The van der Waals surface area contributed by atoms with Crippen LogP contribution >= 0.6 is 0 Å². The molecule has 57 heavy (non-hydrogen) atoms. The Balaban J connectivity index is 1.09. The van der Waals surface area contributed by atoms with Crippen LogP contribution in [0.15, 0.2) is 188 Å². The van der Waals surface area contributed by atoms with E-state index in [1.165, 1.54) is 16.6 Å². The van der Waals surface area contributed by atoms with Gasteiger partial charge in [-0.05, 0) is 60.2 Å². The van der Waals surface area contributed by atoms with Crippen molar-refractivity contribution >= 4 is 55.1 Å². The Kier molecular flexibility index (Phi) is 6.92. The van der Waals surface area contributed by atoms with Crippen molar-refractivity contribution in [2.45, 2.75) is 12.0 Å². The Hall–Kier alpha value is -7.64. The SMILES string of the molecule is C1=CC2c3ccccc3N(c3cccc(-c4nc(-c5ccccc5)nc(-n5c6ccccc6c6cc7c(cc65)c5ccccc5n7-c5ccccc5)n4)n3)C2C=C1. The first-order valence-corrected chi connectivity index (χ1v) is 19.3. The Labute approximate surface area is 328 Å². The maximum Gasteiger partial charge on any atom is 0.238 e. The van der Waals surface area contributed by atoms with Crippen molar-refractivity contribution in [1.82, 2.24) is 29.1 Å². The summed E-state index contributed by atoms with van der Waals surface area (Å²) in [5.41, 5.74) is 9.53. The largest absolute Gasteiger partial charge is 0.318 e. The number of aromatic nitrogens is 6. The summed E-state index contributed by atoms with van der Waals surface area (Å²) in [5.74, 6) is 2.74. The Morgan fingerprint density at radius 3 is 1.86 bits per heavy atom. The van der Waals surface area contributed by atoms with Gasteiger partial charge in [-0.3, -0.25) is 4.57 Å². The first-order chi connectivity index (χ1) is 28.3. The zero-order valence-corrected chi connectivity index (χ0v) is 30.7. The summed E-state index contributed by atoms with van der Waals surface area (Å²) in [6.45, 7) is 0. The van der Waals surface area contributed by atoms with Crippen molar-refractivity contribution < 1.29 is 0 Å². The first-order valence-electron chi connectivity index (χ1n) is 19.3. The minimum atomic E-state index is 0.131. The van der Waals surface area contributed by atoms with Crippen LogP contribution in [0.2, 0.25) is 0 Å². The van der Waals surface area contributed by atoms with Crippen molar-refractivity contribution in [3.63, 3.8) is 0 Å². The summed E-state index contributed by atoms with van der Waals surface area (Å²) in [4.78, 5) is 23.3. The molecule has 7 heteroatoms. The molecule has 0 N–H and O–H groups in total. The summed E-state index contributed by atoms with van der Waals surface area (Å²) in [5, 5.41) is 4.60. The Morgan fingerprint density at radius 1 is 0.439 bits per heavy atom. The Morgan fingerprint density at radius 2 is 1.07 bits per heavy atom. The summed E-state index contributed by atoms with van der Waals surface area (Å²) < 4.78 is 4.56. The number of pyridine rings is 1. The molecule has 2 atom stereocenters. The van der Waals surface area contributed by atoms with E-state index in [0.717, 1.165) is 55.3 Å². The van der Waals surface area contributed by atoms with Gasteiger partial charge in [0.25, 0.3) is 0 Å². The molecule has 0 spiro atoms. The monoisotopic (exact) mass is 731 g/mol. The highest BCUT2D eigenvalue weighted by molar-refractivity contribution is 6.18. The van der Waals surface area contributed by atoms with Crippen LogP contribution in [0.25, 0.3) is 78.2 Å². The maximum absolute atomic E-state index is 5.31. The van der Waals surface area contributed by atoms with Gasteiger partial charge in [0.1, 0.15) is 11.5 Å². The summed E-state index contributed by atoms with van der Waals surface area (Å²) in [6, 6.07) is 57.5. The van der Waals surface area contributed by atoms with E-state index in [9.17, 15) is 0 Å². The Bertz CT molecular complexity index is 3270. The van der Waals surface area contributed by atoms with E-state index in [1.807, 2.05) is 36.4 Å². The molecular formula is C50H33N7. The molecule has 268 valence electrons. The van der Waals surface area contributed by atoms with Crippen LogP contribution in [0, 0.1) is 0 Å². The standard InChI is InChI=1S/C50H33N7/c1-3-16-32(17-4-1)48-52-49(40-24-15-29-47(51-40)56-42-26-12-7-20-34(42)35-21-8-13-27-43(35)56)54-50(53-48)57-44-28-14-10-23-37(44)39-30-45-38(31-46(39)57)36-22-9-11-25-41(36)55(45)33-18-5-2-6-19-33/h1-31,34,42H. The molecule has 0 saturated heterocycles. The van der Waals surface area contributed by atoms with Crippen LogP contribution < -0.4 is 4.90 Å². The molecule has 0 amide bonds. The number of anilines is 2. The van der Waals surface area contributed by atoms with Crippen molar-refractivity contribution in [3.05, 3.63) is 194 Å². The van der Waals surface area contributed by atoms with E-state index in [2.05, 4.69) is 166 Å². The number of benzene rings is 6. The van der Waals surface area contributed by atoms with E-state index in [1.54, 1.807) is 0 Å².